The van der Waals surface area contributed by atoms with E-state index in [1.807, 2.05) is 12.1 Å². The van der Waals surface area contributed by atoms with E-state index in [1.165, 1.54) is 25.7 Å². The van der Waals surface area contributed by atoms with Gasteiger partial charge in [0.05, 0.1) is 0 Å². The van der Waals surface area contributed by atoms with Gasteiger partial charge in [-0.2, -0.15) is 0 Å². The van der Waals surface area contributed by atoms with Crippen LogP contribution in [0.25, 0.3) is 0 Å². The van der Waals surface area contributed by atoms with Crippen LogP contribution in [-0.4, -0.2) is 31.0 Å². The van der Waals surface area contributed by atoms with Crippen LogP contribution in [0.1, 0.15) is 36.2 Å². The quantitative estimate of drug-likeness (QED) is 0.847. The Bertz CT molecular complexity index is 384. The Morgan fingerprint density at radius 1 is 1.24 bits per heavy atom. The number of hydrogen-bond acceptors (Lipinski definition) is 3. The maximum absolute atomic E-state index is 11.5. The third-order valence-corrected chi connectivity index (χ3v) is 3.12. The first-order valence-electron chi connectivity index (χ1n) is 6.25. The van der Waals surface area contributed by atoms with Crippen LogP contribution in [0.15, 0.2) is 18.2 Å². The molecular formula is C13H19N3O. The number of amides is 1. The molecule has 0 spiro atoms. The lowest BCUT2D eigenvalue weighted by Gasteiger charge is -2.21. The number of carbonyl (C=O) groups is 1. The molecule has 0 aliphatic carbocycles. The number of anilines is 1. The fourth-order valence-corrected chi connectivity index (χ4v) is 2.15. The van der Waals surface area contributed by atoms with Crippen LogP contribution < -0.4 is 10.2 Å². The fraction of sp³-hybridized carbons (Fsp3) is 0.538. The summed E-state index contributed by atoms with van der Waals surface area (Å²) >= 11 is 0. The van der Waals surface area contributed by atoms with Crippen molar-refractivity contribution in [2.75, 3.05) is 25.0 Å². The Morgan fingerprint density at radius 3 is 2.59 bits per heavy atom. The van der Waals surface area contributed by atoms with E-state index < -0.39 is 0 Å². The normalized spacial score (nSPS) is 16.4. The number of nitrogens with zero attached hydrogens (tertiary/aromatic N) is 2. The summed E-state index contributed by atoms with van der Waals surface area (Å²) < 4.78 is 0. The first kappa shape index (κ1) is 11.9. The Hall–Kier alpha value is -1.58. The molecule has 0 aromatic carbocycles. The lowest BCUT2D eigenvalue weighted by Crippen LogP contribution is -2.26. The van der Waals surface area contributed by atoms with E-state index in [0.29, 0.717) is 5.69 Å². The molecule has 1 N–H and O–H groups in total. The zero-order valence-corrected chi connectivity index (χ0v) is 10.3. The molecule has 0 radical (unpaired) electrons. The molecule has 92 valence electrons. The summed E-state index contributed by atoms with van der Waals surface area (Å²) in [5.41, 5.74) is 0.495. The van der Waals surface area contributed by atoms with Gasteiger partial charge in [-0.05, 0) is 25.0 Å². The predicted octanol–water partition coefficient (Wildman–Crippen LogP) is 1.82. The number of pyridine rings is 1. The van der Waals surface area contributed by atoms with E-state index in [-0.39, 0.29) is 5.91 Å². The highest BCUT2D eigenvalue weighted by Crippen LogP contribution is 2.17. The van der Waals surface area contributed by atoms with Crippen molar-refractivity contribution in [2.45, 2.75) is 25.7 Å². The van der Waals surface area contributed by atoms with Gasteiger partial charge in [0.25, 0.3) is 5.91 Å². The van der Waals surface area contributed by atoms with Crippen molar-refractivity contribution in [3.63, 3.8) is 0 Å². The van der Waals surface area contributed by atoms with Crippen LogP contribution in [0.2, 0.25) is 0 Å². The number of rotatable bonds is 2. The first-order valence-corrected chi connectivity index (χ1v) is 6.25. The van der Waals surface area contributed by atoms with Gasteiger partial charge in [0, 0.05) is 20.1 Å². The second-order valence-corrected chi connectivity index (χ2v) is 4.36. The highest BCUT2D eigenvalue weighted by Gasteiger charge is 2.12. The third kappa shape index (κ3) is 2.96. The SMILES string of the molecule is CNC(=O)c1cccc(N2CCCCCC2)n1. The minimum absolute atomic E-state index is 0.123. The summed E-state index contributed by atoms with van der Waals surface area (Å²) in [4.78, 5) is 18.2. The van der Waals surface area contributed by atoms with Gasteiger partial charge in [0.1, 0.15) is 11.5 Å². The van der Waals surface area contributed by atoms with Crippen LogP contribution in [0.3, 0.4) is 0 Å². The molecule has 0 atom stereocenters. The molecule has 2 rings (SSSR count). The van der Waals surface area contributed by atoms with Crippen molar-refractivity contribution in [3.8, 4) is 0 Å². The van der Waals surface area contributed by atoms with Crippen molar-refractivity contribution in [1.82, 2.24) is 10.3 Å². The highest BCUT2D eigenvalue weighted by molar-refractivity contribution is 5.92. The fourth-order valence-electron chi connectivity index (χ4n) is 2.15. The molecule has 1 aliphatic rings. The third-order valence-electron chi connectivity index (χ3n) is 3.12. The summed E-state index contributed by atoms with van der Waals surface area (Å²) in [7, 11) is 1.63. The predicted molar refractivity (Wildman–Crippen MR) is 68.3 cm³/mol. The minimum atomic E-state index is -0.123. The number of carbonyl (C=O) groups excluding carboxylic acids is 1. The van der Waals surface area contributed by atoms with Gasteiger partial charge in [-0.3, -0.25) is 4.79 Å². The molecule has 0 saturated carbocycles. The van der Waals surface area contributed by atoms with Crippen molar-refractivity contribution in [1.29, 1.82) is 0 Å². The summed E-state index contributed by atoms with van der Waals surface area (Å²) in [6.07, 6.45) is 5.02. The zero-order valence-electron chi connectivity index (χ0n) is 10.3. The van der Waals surface area contributed by atoms with Crippen LogP contribution in [0.4, 0.5) is 5.82 Å². The molecule has 17 heavy (non-hydrogen) atoms. The second kappa shape index (κ2) is 5.66. The van der Waals surface area contributed by atoms with Crippen LogP contribution >= 0.6 is 0 Å². The van der Waals surface area contributed by atoms with Crippen LogP contribution in [0, 0.1) is 0 Å². The molecule has 1 saturated heterocycles. The summed E-state index contributed by atoms with van der Waals surface area (Å²) in [5.74, 6) is 0.801. The highest BCUT2D eigenvalue weighted by atomic mass is 16.1. The second-order valence-electron chi connectivity index (χ2n) is 4.36. The monoisotopic (exact) mass is 233 g/mol. The summed E-state index contributed by atoms with van der Waals surface area (Å²) in [5, 5.41) is 2.60. The Labute approximate surface area is 102 Å². The van der Waals surface area contributed by atoms with Crippen molar-refractivity contribution in [3.05, 3.63) is 23.9 Å². The standard InChI is InChI=1S/C13H19N3O/c1-14-13(17)11-7-6-8-12(15-11)16-9-4-2-3-5-10-16/h6-8H,2-5,9-10H2,1H3,(H,14,17). The molecule has 2 heterocycles. The first-order chi connectivity index (χ1) is 8.31. The molecule has 1 fully saturated rings. The summed E-state index contributed by atoms with van der Waals surface area (Å²) in [6.45, 7) is 2.09. The van der Waals surface area contributed by atoms with Gasteiger partial charge in [-0.15, -0.1) is 0 Å². The molecule has 1 amide bonds. The molecule has 1 aromatic heterocycles. The smallest absolute Gasteiger partial charge is 0.269 e. The van der Waals surface area contributed by atoms with E-state index in [9.17, 15) is 4.79 Å². The maximum Gasteiger partial charge on any atom is 0.269 e. The van der Waals surface area contributed by atoms with E-state index in [1.54, 1.807) is 13.1 Å². The van der Waals surface area contributed by atoms with Crippen molar-refractivity contribution < 1.29 is 4.79 Å². The Balaban J connectivity index is 2.16. The molecule has 1 aliphatic heterocycles. The van der Waals surface area contributed by atoms with Gasteiger partial charge in [0.15, 0.2) is 0 Å². The van der Waals surface area contributed by atoms with E-state index in [2.05, 4.69) is 15.2 Å². The molecular weight excluding hydrogens is 214 g/mol. The maximum atomic E-state index is 11.5. The number of aromatic nitrogens is 1. The van der Waals surface area contributed by atoms with Gasteiger partial charge >= 0.3 is 0 Å². The molecule has 4 heteroatoms. The van der Waals surface area contributed by atoms with E-state index in [4.69, 9.17) is 0 Å². The van der Waals surface area contributed by atoms with Crippen LogP contribution in [-0.2, 0) is 0 Å². The van der Waals surface area contributed by atoms with Gasteiger partial charge in [-0.25, -0.2) is 4.98 Å². The van der Waals surface area contributed by atoms with Gasteiger partial charge in [-0.1, -0.05) is 18.9 Å². The largest absolute Gasteiger partial charge is 0.357 e. The van der Waals surface area contributed by atoms with E-state index in [0.717, 1.165) is 18.9 Å². The average molecular weight is 233 g/mol. The van der Waals surface area contributed by atoms with Crippen LogP contribution in [0.5, 0.6) is 0 Å². The number of hydrogen-bond donors (Lipinski definition) is 1. The van der Waals surface area contributed by atoms with E-state index >= 15 is 0 Å². The lowest BCUT2D eigenvalue weighted by molar-refractivity contribution is 0.0958. The minimum Gasteiger partial charge on any atom is -0.357 e. The number of nitrogens with one attached hydrogen (secondary N) is 1. The van der Waals surface area contributed by atoms with Gasteiger partial charge in [0.2, 0.25) is 0 Å². The zero-order chi connectivity index (χ0) is 12.1. The Kier molecular flexibility index (Phi) is 3.96. The summed E-state index contributed by atoms with van der Waals surface area (Å²) in [6, 6.07) is 5.63. The average Bonchev–Trinajstić information content (AvgIpc) is 2.67. The molecule has 0 unspecified atom stereocenters. The van der Waals surface area contributed by atoms with Gasteiger partial charge < -0.3 is 10.2 Å². The molecule has 0 bridgehead atoms. The molecule has 4 nitrogen and oxygen atoms in total. The van der Waals surface area contributed by atoms with Crippen molar-refractivity contribution >= 4 is 11.7 Å². The lowest BCUT2D eigenvalue weighted by atomic mass is 10.2. The Morgan fingerprint density at radius 2 is 1.94 bits per heavy atom. The topological polar surface area (TPSA) is 45.2 Å². The van der Waals surface area contributed by atoms with Crippen molar-refractivity contribution in [2.24, 2.45) is 0 Å². The molecule has 1 aromatic rings.